The van der Waals surface area contributed by atoms with Crippen LogP contribution < -0.4 is 5.32 Å². The molecule has 9 heteroatoms. The number of rotatable bonds is 5. The second-order valence-corrected chi connectivity index (χ2v) is 10.5. The minimum atomic E-state index is -4.04. The average Bonchev–Trinajstić information content (AvgIpc) is 3.27. The van der Waals surface area contributed by atoms with Crippen LogP contribution in [0.3, 0.4) is 0 Å². The first-order chi connectivity index (χ1) is 15.1. The van der Waals surface area contributed by atoms with Crippen molar-refractivity contribution in [3.05, 3.63) is 64.7 Å². The summed E-state index contributed by atoms with van der Waals surface area (Å²) in [7, 11) is -4.04. The van der Waals surface area contributed by atoms with Gasteiger partial charge in [-0.15, -0.1) is 0 Å². The van der Waals surface area contributed by atoms with Crippen molar-refractivity contribution in [1.82, 2.24) is 9.62 Å². The van der Waals surface area contributed by atoms with Crippen LogP contribution in [-0.4, -0.2) is 37.1 Å². The van der Waals surface area contributed by atoms with Gasteiger partial charge in [-0.2, -0.15) is 0 Å². The predicted molar refractivity (Wildman–Crippen MR) is 114 cm³/mol. The lowest BCUT2D eigenvalue weighted by Gasteiger charge is -2.30. The van der Waals surface area contributed by atoms with Gasteiger partial charge in [0.05, 0.1) is 5.56 Å². The molecule has 170 valence electrons. The van der Waals surface area contributed by atoms with Crippen LogP contribution >= 0.6 is 0 Å². The highest BCUT2D eigenvalue weighted by atomic mass is 32.2. The number of benzene rings is 2. The molecule has 2 aliphatic rings. The largest absolute Gasteiger partial charge is 0.351 e. The number of nitrogens with one attached hydrogen (secondary N) is 1. The van der Waals surface area contributed by atoms with E-state index in [1.807, 2.05) is 0 Å². The molecule has 2 aromatic rings. The summed E-state index contributed by atoms with van der Waals surface area (Å²) in [6.07, 6.45) is 2.63. The first-order valence-electron chi connectivity index (χ1n) is 10.5. The maximum atomic E-state index is 14.5. The van der Waals surface area contributed by atoms with E-state index >= 15 is 0 Å². The zero-order valence-electron chi connectivity index (χ0n) is 17.8. The van der Waals surface area contributed by atoms with Gasteiger partial charge in [-0.25, -0.2) is 21.5 Å². The summed E-state index contributed by atoms with van der Waals surface area (Å²) in [5.41, 5.74) is -0.797. The Morgan fingerprint density at radius 3 is 2.34 bits per heavy atom. The van der Waals surface area contributed by atoms with Gasteiger partial charge in [0, 0.05) is 29.1 Å². The van der Waals surface area contributed by atoms with E-state index in [-0.39, 0.29) is 28.1 Å². The number of carbonyl (C=O) groups excluding carboxylic acids is 2. The third-order valence-electron chi connectivity index (χ3n) is 6.32. The summed E-state index contributed by atoms with van der Waals surface area (Å²) in [6, 6.07) is 7.07. The topological polar surface area (TPSA) is 83.6 Å². The molecule has 6 nitrogen and oxygen atoms in total. The summed E-state index contributed by atoms with van der Waals surface area (Å²) in [4.78, 5) is 25.1. The molecule has 2 amide bonds. The fourth-order valence-electron chi connectivity index (χ4n) is 4.82. The van der Waals surface area contributed by atoms with Crippen LogP contribution in [0.2, 0.25) is 0 Å². The number of sulfonamides is 1. The Bertz CT molecular complexity index is 1180. The summed E-state index contributed by atoms with van der Waals surface area (Å²) in [5, 5.41) is 2.73. The number of fused-ring (bicyclic) bond motifs is 1. The predicted octanol–water partition coefficient (Wildman–Crippen LogP) is 3.76. The van der Waals surface area contributed by atoms with Crippen LogP contribution in [0, 0.1) is 11.6 Å². The number of amides is 2. The highest BCUT2D eigenvalue weighted by molar-refractivity contribution is 7.90. The minimum Gasteiger partial charge on any atom is -0.351 e. The molecule has 1 aliphatic heterocycles. The van der Waals surface area contributed by atoms with Gasteiger partial charge in [0.15, 0.2) is 0 Å². The molecular formula is C23H24F2N2O4S. The lowest BCUT2D eigenvalue weighted by atomic mass is 9.78. The molecule has 4 rings (SSSR count). The van der Waals surface area contributed by atoms with E-state index in [1.54, 1.807) is 13.8 Å². The van der Waals surface area contributed by atoms with Gasteiger partial charge in [0.2, 0.25) is 0 Å². The molecule has 0 radical (unpaired) electrons. The van der Waals surface area contributed by atoms with Crippen molar-refractivity contribution >= 4 is 21.8 Å². The summed E-state index contributed by atoms with van der Waals surface area (Å²) >= 11 is 0. The first-order valence-corrected chi connectivity index (χ1v) is 12.0. The average molecular weight is 463 g/mol. The van der Waals surface area contributed by atoms with E-state index in [1.165, 1.54) is 36.4 Å². The van der Waals surface area contributed by atoms with Crippen LogP contribution in [0.1, 0.15) is 65.8 Å². The summed E-state index contributed by atoms with van der Waals surface area (Å²) < 4.78 is 55.4. The molecule has 1 aliphatic carbocycles. The normalized spacial score (nSPS) is 18.8. The molecule has 0 unspecified atom stereocenters. The van der Waals surface area contributed by atoms with Crippen LogP contribution in [0.4, 0.5) is 8.78 Å². The van der Waals surface area contributed by atoms with Crippen molar-refractivity contribution in [2.45, 2.75) is 55.9 Å². The fraction of sp³-hybridized carbons (Fsp3) is 0.391. The molecule has 0 spiro atoms. The fourth-order valence-corrected chi connectivity index (χ4v) is 6.62. The van der Waals surface area contributed by atoms with Crippen LogP contribution in [0.25, 0.3) is 0 Å². The summed E-state index contributed by atoms with van der Waals surface area (Å²) in [6.45, 7) is 3.21. The third-order valence-corrected chi connectivity index (χ3v) is 8.32. The molecule has 32 heavy (non-hydrogen) atoms. The molecule has 1 heterocycles. The van der Waals surface area contributed by atoms with Crippen LogP contribution in [0.5, 0.6) is 0 Å². The van der Waals surface area contributed by atoms with Gasteiger partial charge in [0.25, 0.3) is 21.8 Å². The second-order valence-electron chi connectivity index (χ2n) is 8.68. The second kappa shape index (κ2) is 7.95. The molecule has 0 atom stereocenters. The van der Waals surface area contributed by atoms with E-state index in [9.17, 15) is 26.8 Å². The zero-order chi connectivity index (χ0) is 23.3. The Hall–Kier alpha value is -2.81. The van der Waals surface area contributed by atoms with E-state index in [4.69, 9.17) is 0 Å². The van der Waals surface area contributed by atoms with Gasteiger partial charge >= 0.3 is 0 Å². The van der Waals surface area contributed by atoms with Crippen molar-refractivity contribution in [3.8, 4) is 0 Å². The highest BCUT2D eigenvalue weighted by Crippen LogP contribution is 2.43. The number of hydrogen-bond donors (Lipinski definition) is 1. The monoisotopic (exact) mass is 462 g/mol. The standard InChI is InChI=1S/C23H24F2N2O4S/c1-14(2)27-22(29)16-9-8-15(12-19(16)32(27,30)31)21(28)26-13-23(10-3-4-11-23)20-17(24)6-5-7-18(20)25/h5-9,12,14H,3-4,10-11,13H2,1-2H3,(H,26,28). The molecule has 1 saturated carbocycles. The quantitative estimate of drug-likeness (QED) is 0.734. The van der Waals surface area contributed by atoms with Gasteiger partial charge in [0.1, 0.15) is 16.5 Å². The molecule has 2 aromatic carbocycles. The van der Waals surface area contributed by atoms with Crippen LogP contribution in [0.15, 0.2) is 41.3 Å². The maximum Gasteiger partial charge on any atom is 0.269 e. The van der Waals surface area contributed by atoms with Crippen molar-refractivity contribution in [2.75, 3.05) is 6.54 Å². The Morgan fingerprint density at radius 1 is 1.12 bits per heavy atom. The Labute approximate surface area is 185 Å². The molecule has 0 bridgehead atoms. The van der Waals surface area contributed by atoms with E-state index < -0.39 is 44.9 Å². The summed E-state index contributed by atoms with van der Waals surface area (Å²) in [5.74, 6) is -2.47. The van der Waals surface area contributed by atoms with Gasteiger partial charge in [-0.1, -0.05) is 18.9 Å². The third kappa shape index (κ3) is 3.48. The number of nitrogens with zero attached hydrogens (tertiary/aromatic N) is 1. The maximum absolute atomic E-state index is 14.5. The van der Waals surface area contributed by atoms with Crippen molar-refractivity contribution < 1.29 is 26.8 Å². The lowest BCUT2D eigenvalue weighted by molar-refractivity contribution is 0.0845. The first kappa shape index (κ1) is 22.4. The van der Waals surface area contributed by atoms with Gasteiger partial charge in [-0.3, -0.25) is 9.59 Å². The Balaban J connectivity index is 1.61. The molecular weight excluding hydrogens is 438 g/mol. The van der Waals surface area contributed by atoms with Gasteiger partial charge in [-0.05, 0) is 57.0 Å². The zero-order valence-corrected chi connectivity index (χ0v) is 18.6. The van der Waals surface area contributed by atoms with Crippen molar-refractivity contribution in [1.29, 1.82) is 0 Å². The highest BCUT2D eigenvalue weighted by Gasteiger charge is 2.43. The molecule has 0 saturated heterocycles. The van der Waals surface area contributed by atoms with E-state index in [0.29, 0.717) is 12.8 Å². The Kier molecular flexibility index (Phi) is 5.56. The smallest absolute Gasteiger partial charge is 0.269 e. The molecule has 1 fully saturated rings. The number of carbonyl (C=O) groups is 2. The minimum absolute atomic E-state index is 0.0184. The lowest BCUT2D eigenvalue weighted by Crippen LogP contribution is -2.40. The SMILES string of the molecule is CC(C)N1C(=O)c2ccc(C(=O)NCC3(c4c(F)cccc4F)CCCC3)cc2S1(=O)=O. The Morgan fingerprint density at radius 2 is 1.75 bits per heavy atom. The van der Waals surface area contributed by atoms with Crippen molar-refractivity contribution in [2.24, 2.45) is 0 Å². The van der Waals surface area contributed by atoms with E-state index in [2.05, 4.69) is 5.32 Å². The number of hydrogen-bond acceptors (Lipinski definition) is 4. The van der Waals surface area contributed by atoms with Gasteiger partial charge < -0.3 is 5.32 Å². The number of halogens is 2. The van der Waals surface area contributed by atoms with E-state index in [0.717, 1.165) is 17.1 Å². The van der Waals surface area contributed by atoms with Crippen molar-refractivity contribution in [3.63, 3.8) is 0 Å². The molecule has 0 aromatic heterocycles. The molecule has 1 N–H and O–H groups in total. The van der Waals surface area contributed by atoms with Crippen LogP contribution in [-0.2, 0) is 15.4 Å².